The van der Waals surface area contributed by atoms with Gasteiger partial charge in [-0.15, -0.1) is 0 Å². The van der Waals surface area contributed by atoms with Gasteiger partial charge in [0, 0.05) is 26.2 Å². The number of ether oxygens (including phenoxy) is 1. The van der Waals surface area contributed by atoms with Gasteiger partial charge in [0.15, 0.2) is 5.75 Å². The van der Waals surface area contributed by atoms with Crippen LogP contribution in [0, 0.1) is 0 Å². The molecule has 0 spiro atoms. The SMILES string of the molecule is CN(C)CCN(C)c1cc(OC(F)F)c(N)cc1N. The third kappa shape index (κ3) is 4.44. The van der Waals surface area contributed by atoms with E-state index in [1.54, 1.807) is 0 Å². The minimum atomic E-state index is -2.91. The Morgan fingerprint density at radius 1 is 1.11 bits per heavy atom. The average Bonchev–Trinajstić information content (AvgIpc) is 2.29. The molecule has 0 aliphatic heterocycles. The number of alkyl halides is 2. The molecule has 0 saturated carbocycles. The highest BCUT2D eigenvalue weighted by Gasteiger charge is 2.14. The molecule has 0 heterocycles. The highest BCUT2D eigenvalue weighted by molar-refractivity contribution is 5.76. The summed E-state index contributed by atoms with van der Waals surface area (Å²) >= 11 is 0. The lowest BCUT2D eigenvalue weighted by Crippen LogP contribution is -2.29. The maximum absolute atomic E-state index is 12.3. The Morgan fingerprint density at radius 2 is 1.74 bits per heavy atom. The summed E-state index contributed by atoms with van der Waals surface area (Å²) in [7, 11) is 5.73. The molecule has 4 N–H and O–H groups in total. The van der Waals surface area contributed by atoms with E-state index in [2.05, 4.69) is 4.74 Å². The second-order valence-corrected chi connectivity index (χ2v) is 4.55. The van der Waals surface area contributed by atoms with Crippen molar-refractivity contribution in [1.29, 1.82) is 0 Å². The molecule has 0 aliphatic carbocycles. The number of hydrogen-bond donors (Lipinski definition) is 2. The Morgan fingerprint density at radius 3 is 2.26 bits per heavy atom. The maximum atomic E-state index is 12.3. The molecule has 0 saturated heterocycles. The Balaban J connectivity index is 2.93. The van der Waals surface area contributed by atoms with Crippen LogP contribution >= 0.6 is 0 Å². The molecule has 0 radical (unpaired) electrons. The lowest BCUT2D eigenvalue weighted by atomic mass is 10.2. The largest absolute Gasteiger partial charge is 0.433 e. The lowest BCUT2D eigenvalue weighted by molar-refractivity contribution is -0.0492. The number of nitrogens with zero attached hydrogens (tertiary/aromatic N) is 2. The number of likely N-dealkylation sites (N-methyl/N-ethyl adjacent to an activating group) is 2. The predicted molar refractivity (Wildman–Crippen MR) is 73.7 cm³/mol. The molecule has 0 bridgehead atoms. The van der Waals surface area contributed by atoms with Crippen molar-refractivity contribution >= 4 is 17.1 Å². The number of hydrogen-bond acceptors (Lipinski definition) is 5. The molecule has 0 unspecified atom stereocenters. The van der Waals surface area contributed by atoms with Crippen molar-refractivity contribution in [3.8, 4) is 5.75 Å². The van der Waals surface area contributed by atoms with Gasteiger partial charge in [-0.2, -0.15) is 8.78 Å². The third-order valence-electron chi connectivity index (χ3n) is 2.67. The normalized spacial score (nSPS) is 11.1. The first-order chi connectivity index (χ1) is 8.81. The van der Waals surface area contributed by atoms with Gasteiger partial charge < -0.3 is 26.0 Å². The first-order valence-corrected chi connectivity index (χ1v) is 5.81. The van der Waals surface area contributed by atoms with Crippen molar-refractivity contribution in [2.24, 2.45) is 0 Å². The molecule has 1 aromatic carbocycles. The Labute approximate surface area is 111 Å². The first kappa shape index (κ1) is 15.3. The standard InChI is InChI=1S/C12H20F2N4O/c1-17(2)4-5-18(3)10-7-11(19-12(13)14)9(16)6-8(10)15/h6-7,12H,4-5,15-16H2,1-3H3. The van der Waals surface area contributed by atoms with E-state index >= 15 is 0 Å². The number of rotatable bonds is 6. The van der Waals surface area contributed by atoms with Gasteiger partial charge in [-0.25, -0.2) is 0 Å². The van der Waals surface area contributed by atoms with Crippen LogP contribution in [0.4, 0.5) is 25.8 Å². The van der Waals surface area contributed by atoms with Crippen molar-refractivity contribution in [1.82, 2.24) is 4.90 Å². The molecule has 0 aliphatic rings. The minimum absolute atomic E-state index is 0.0593. The molecule has 5 nitrogen and oxygen atoms in total. The second kappa shape index (κ2) is 6.42. The summed E-state index contributed by atoms with van der Waals surface area (Å²) in [4.78, 5) is 3.88. The molecule has 1 rings (SSSR count). The van der Waals surface area contributed by atoms with Crippen molar-refractivity contribution < 1.29 is 13.5 Å². The Bertz CT molecular complexity index is 426. The molecule has 0 fully saturated rings. The molecule has 7 heteroatoms. The zero-order valence-electron chi connectivity index (χ0n) is 11.4. The highest BCUT2D eigenvalue weighted by Crippen LogP contribution is 2.33. The predicted octanol–water partition coefficient (Wildman–Crippen LogP) is 1.45. The Kier molecular flexibility index (Phi) is 5.17. The quantitative estimate of drug-likeness (QED) is 0.769. The van der Waals surface area contributed by atoms with Crippen molar-refractivity contribution in [3.05, 3.63) is 12.1 Å². The van der Waals surface area contributed by atoms with Crippen LogP contribution in [0.3, 0.4) is 0 Å². The van der Waals surface area contributed by atoms with Crippen LogP contribution in [-0.2, 0) is 0 Å². The molecule has 108 valence electrons. The van der Waals surface area contributed by atoms with E-state index in [-0.39, 0.29) is 11.4 Å². The van der Waals surface area contributed by atoms with Crippen LogP contribution in [0.15, 0.2) is 12.1 Å². The van der Waals surface area contributed by atoms with E-state index in [1.165, 1.54) is 12.1 Å². The van der Waals surface area contributed by atoms with Gasteiger partial charge in [0.25, 0.3) is 0 Å². The van der Waals surface area contributed by atoms with Crippen LogP contribution < -0.4 is 21.1 Å². The van der Waals surface area contributed by atoms with Crippen LogP contribution in [0.25, 0.3) is 0 Å². The van der Waals surface area contributed by atoms with Crippen LogP contribution in [0.1, 0.15) is 0 Å². The summed E-state index contributed by atoms with van der Waals surface area (Å²) in [5.74, 6) is -0.0593. The van der Waals surface area contributed by atoms with Gasteiger partial charge >= 0.3 is 6.61 Å². The van der Waals surface area contributed by atoms with Crippen molar-refractivity contribution in [2.75, 3.05) is 50.6 Å². The van der Waals surface area contributed by atoms with Crippen LogP contribution in [0.5, 0.6) is 5.75 Å². The molecule has 0 amide bonds. The van der Waals surface area contributed by atoms with Crippen molar-refractivity contribution in [2.45, 2.75) is 6.61 Å². The van der Waals surface area contributed by atoms with Crippen LogP contribution in [0.2, 0.25) is 0 Å². The third-order valence-corrected chi connectivity index (χ3v) is 2.67. The molecule has 0 atom stereocenters. The zero-order valence-corrected chi connectivity index (χ0v) is 11.4. The summed E-state index contributed by atoms with van der Waals surface area (Å²) in [6.07, 6.45) is 0. The van der Waals surface area contributed by atoms with E-state index in [0.29, 0.717) is 17.9 Å². The number of benzene rings is 1. The summed E-state index contributed by atoms with van der Waals surface area (Å²) in [6, 6.07) is 2.87. The first-order valence-electron chi connectivity index (χ1n) is 5.81. The van der Waals surface area contributed by atoms with Gasteiger partial charge in [-0.05, 0) is 20.2 Å². The Hall–Kier alpha value is -1.76. The van der Waals surface area contributed by atoms with E-state index in [0.717, 1.165) is 6.54 Å². The fourth-order valence-electron chi connectivity index (χ4n) is 1.60. The number of anilines is 3. The van der Waals surface area contributed by atoms with Gasteiger partial charge in [0.2, 0.25) is 0 Å². The number of nitrogens with two attached hydrogens (primary N) is 2. The lowest BCUT2D eigenvalue weighted by Gasteiger charge is -2.24. The molecular weight excluding hydrogens is 254 g/mol. The summed E-state index contributed by atoms with van der Waals surface area (Å²) < 4.78 is 28.9. The molecule has 0 aromatic heterocycles. The average molecular weight is 274 g/mol. The van der Waals surface area contributed by atoms with Crippen molar-refractivity contribution in [3.63, 3.8) is 0 Å². The fourth-order valence-corrected chi connectivity index (χ4v) is 1.60. The van der Waals surface area contributed by atoms with Gasteiger partial charge in [-0.3, -0.25) is 0 Å². The van der Waals surface area contributed by atoms with E-state index in [1.807, 2.05) is 30.9 Å². The van der Waals surface area contributed by atoms with E-state index < -0.39 is 6.61 Å². The van der Waals surface area contributed by atoms with Gasteiger partial charge in [0.1, 0.15) is 0 Å². The number of halogens is 2. The summed E-state index contributed by atoms with van der Waals surface area (Å²) in [5, 5.41) is 0. The molecular formula is C12H20F2N4O. The highest BCUT2D eigenvalue weighted by atomic mass is 19.3. The topological polar surface area (TPSA) is 67.8 Å². The van der Waals surface area contributed by atoms with Crippen LogP contribution in [-0.4, -0.2) is 45.7 Å². The van der Waals surface area contributed by atoms with E-state index in [4.69, 9.17) is 11.5 Å². The summed E-state index contributed by atoms with van der Waals surface area (Å²) in [6.45, 7) is -1.40. The van der Waals surface area contributed by atoms with Gasteiger partial charge in [-0.1, -0.05) is 0 Å². The van der Waals surface area contributed by atoms with E-state index in [9.17, 15) is 8.78 Å². The number of nitrogen functional groups attached to an aromatic ring is 2. The summed E-state index contributed by atoms with van der Waals surface area (Å²) in [5.41, 5.74) is 12.6. The second-order valence-electron chi connectivity index (χ2n) is 4.55. The fraction of sp³-hybridized carbons (Fsp3) is 0.500. The smallest absolute Gasteiger partial charge is 0.387 e. The molecule has 19 heavy (non-hydrogen) atoms. The molecule has 1 aromatic rings. The van der Waals surface area contributed by atoms with Gasteiger partial charge in [0.05, 0.1) is 17.1 Å². The zero-order chi connectivity index (χ0) is 14.6. The maximum Gasteiger partial charge on any atom is 0.387 e. The minimum Gasteiger partial charge on any atom is -0.433 e. The monoisotopic (exact) mass is 274 g/mol.